The number of H-pyrrole nitrogens is 2. The van der Waals surface area contributed by atoms with Gasteiger partial charge < -0.3 is 49.3 Å². The van der Waals surface area contributed by atoms with E-state index in [-0.39, 0.29) is 23.9 Å². The molecule has 58 heavy (non-hydrogen) atoms. The number of hydrogen-bond acceptors (Lipinski definition) is 11. The zero-order valence-electron chi connectivity index (χ0n) is 33.4. The van der Waals surface area contributed by atoms with E-state index in [1.54, 1.807) is 29.8 Å². The number of ether oxygens (including phenoxy) is 4. The number of amides is 4. The standard InChI is InChI=1S/C41H49N9O8/c1-22(55-3)34(47-40(53)57-5)38(51)49-17-7-9-32(49)36-42-21-31(46-36)25-12-15-27-24(19-25)11-14-28(43-27)26-13-16-29-30(20-26)45-37(44-29)33-10-8-18-50(33)39(52)35(23(2)56-4)48-41(54)58-6/h11-16,19-23,32-35H,7-10,17-18H2,1-6H3,(H,42,46)(H,44,45)(H,47,53)(H,48,54)/t22-,23-,32+,33+,34?,35?/m1/s1. The highest BCUT2D eigenvalue weighted by molar-refractivity contribution is 5.89. The van der Waals surface area contributed by atoms with Crippen LogP contribution >= 0.6 is 0 Å². The van der Waals surface area contributed by atoms with Crippen LogP contribution in [-0.4, -0.2) is 125 Å². The molecule has 2 unspecified atom stereocenters. The molecule has 4 N–H and O–H groups in total. The van der Waals surface area contributed by atoms with E-state index in [0.29, 0.717) is 24.7 Å². The van der Waals surface area contributed by atoms with Gasteiger partial charge in [0, 0.05) is 43.8 Å². The number of pyridine rings is 1. The van der Waals surface area contributed by atoms with E-state index in [1.807, 2.05) is 42.5 Å². The highest BCUT2D eigenvalue weighted by atomic mass is 16.5. The maximum Gasteiger partial charge on any atom is 0.407 e. The van der Waals surface area contributed by atoms with Gasteiger partial charge in [0.25, 0.3) is 0 Å². The highest BCUT2D eigenvalue weighted by Crippen LogP contribution is 2.35. The van der Waals surface area contributed by atoms with Gasteiger partial charge in [-0.1, -0.05) is 18.2 Å². The summed E-state index contributed by atoms with van der Waals surface area (Å²) >= 11 is 0. The highest BCUT2D eigenvalue weighted by Gasteiger charge is 2.40. The number of fused-ring (bicyclic) bond motifs is 2. The van der Waals surface area contributed by atoms with Crippen LogP contribution in [0.1, 0.15) is 63.3 Å². The second-order valence-electron chi connectivity index (χ2n) is 14.6. The Kier molecular flexibility index (Phi) is 11.9. The molecule has 6 atom stereocenters. The maximum atomic E-state index is 13.7. The smallest absolute Gasteiger partial charge is 0.407 e. The number of carbonyl (C=O) groups excluding carboxylic acids is 4. The molecule has 0 spiro atoms. The summed E-state index contributed by atoms with van der Waals surface area (Å²) in [5.74, 6) is 0.824. The van der Waals surface area contributed by atoms with Crippen LogP contribution in [0.2, 0.25) is 0 Å². The van der Waals surface area contributed by atoms with Gasteiger partial charge >= 0.3 is 12.2 Å². The van der Waals surface area contributed by atoms with Crippen LogP contribution in [0.5, 0.6) is 0 Å². The second-order valence-corrected chi connectivity index (χ2v) is 14.6. The van der Waals surface area contributed by atoms with Crippen molar-refractivity contribution in [3.8, 4) is 22.5 Å². The van der Waals surface area contributed by atoms with E-state index in [2.05, 4.69) is 31.7 Å². The monoisotopic (exact) mass is 795 g/mol. The fourth-order valence-electron chi connectivity index (χ4n) is 7.84. The molecule has 2 fully saturated rings. The number of hydrogen-bond donors (Lipinski definition) is 4. The first kappa shape index (κ1) is 40.1. The van der Waals surface area contributed by atoms with Gasteiger partial charge in [-0.3, -0.25) is 9.59 Å². The Morgan fingerprint density at radius 1 is 0.707 bits per heavy atom. The topological polar surface area (TPSA) is 206 Å². The van der Waals surface area contributed by atoms with Crippen molar-refractivity contribution in [2.24, 2.45) is 0 Å². The van der Waals surface area contributed by atoms with Crippen LogP contribution in [0.4, 0.5) is 9.59 Å². The van der Waals surface area contributed by atoms with Crippen molar-refractivity contribution in [2.45, 2.75) is 75.9 Å². The fourth-order valence-corrected chi connectivity index (χ4v) is 7.84. The summed E-state index contributed by atoms with van der Waals surface area (Å²) in [5, 5.41) is 6.19. The minimum atomic E-state index is -0.913. The van der Waals surface area contributed by atoms with Crippen LogP contribution in [0.15, 0.2) is 54.7 Å². The summed E-state index contributed by atoms with van der Waals surface area (Å²) < 4.78 is 20.3. The largest absolute Gasteiger partial charge is 0.453 e. The Bertz CT molecular complexity index is 2310. The van der Waals surface area contributed by atoms with Crippen molar-refractivity contribution in [1.29, 1.82) is 0 Å². The van der Waals surface area contributed by atoms with Gasteiger partial charge in [0.15, 0.2) is 0 Å². The third-order valence-electron chi connectivity index (χ3n) is 11.2. The third-order valence-corrected chi connectivity index (χ3v) is 11.2. The lowest BCUT2D eigenvalue weighted by atomic mass is 10.1. The molecule has 2 aliphatic rings. The molecule has 2 aliphatic heterocycles. The number of methoxy groups -OCH3 is 4. The molecule has 5 aromatic rings. The quantitative estimate of drug-likeness (QED) is 0.132. The third kappa shape index (κ3) is 8.04. The number of carbonyl (C=O) groups is 4. The number of rotatable bonds is 12. The molecule has 0 radical (unpaired) electrons. The number of aromatic nitrogens is 5. The second kappa shape index (κ2) is 17.2. The molecular weight excluding hydrogens is 747 g/mol. The molecule has 0 aliphatic carbocycles. The van der Waals surface area contributed by atoms with E-state index in [0.717, 1.165) is 70.1 Å². The number of nitrogens with one attached hydrogen (secondary N) is 4. The van der Waals surface area contributed by atoms with Crippen LogP contribution in [-0.2, 0) is 28.5 Å². The predicted molar refractivity (Wildman–Crippen MR) is 213 cm³/mol. The lowest BCUT2D eigenvalue weighted by molar-refractivity contribution is -0.138. The molecule has 2 aromatic carbocycles. The SMILES string of the molecule is COC(=O)NC(C(=O)N1CCC[C@H]1c1ncc(-c2ccc3nc(-c4ccc5nc([C@@H]6CCCN6C(=O)C(NC(=O)OC)[C@@H](C)OC)[nH]c5c4)ccc3c2)[nH]1)[C@@H](C)OC. The fraction of sp³-hybridized carbons (Fsp3) is 0.439. The lowest BCUT2D eigenvalue weighted by Crippen LogP contribution is -2.54. The molecule has 17 nitrogen and oxygen atoms in total. The van der Waals surface area contributed by atoms with Gasteiger partial charge in [-0.15, -0.1) is 0 Å². The Labute approximate surface area is 335 Å². The summed E-state index contributed by atoms with van der Waals surface area (Å²) in [7, 11) is 5.50. The van der Waals surface area contributed by atoms with Crippen molar-refractivity contribution < 1.29 is 38.1 Å². The van der Waals surface area contributed by atoms with E-state index in [1.165, 1.54) is 28.4 Å². The van der Waals surface area contributed by atoms with Crippen molar-refractivity contribution in [2.75, 3.05) is 41.5 Å². The minimum Gasteiger partial charge on any atom is -0.453 e. The van der Waals surface area contributed by atoms with Crippen LogP contribution < -0.4 is 10.6 Å². The Hall–Kier alpha value is -6.07. The number of imidazole rings is 2. The molecule has 306 valence electrons. The van der Waals surface area contributed by atoms with E-state index >= 15 is 0 Å². The van der Waals surface area contributed by atoms with Crippen molar-refractivity contribution in [3.63, 3.8) is 0 Å². The number of alkyl carbamates (subject to hydrolysis) is 2. The van der Waals surface area contributed by atoms with Crippen molar-refractivity contribution in [1.82, 2.24) is 45.4 Å². The van der Waals surface area contributed by atoms with Gasteiger partial charge in [-0.05, 0) is 69.9 Å². The molecule has 0 bridgehead atoms. The normalized spacial score (nSPS) is 18.9. The van der Waals surface area contributed by atoms with Crippen LogP contribution in [0.25, 0.3) is 44.5 Å². The van der Waals surface area contributed by atoms with Crippen molar-refractivity contribution in [3.05, 3.63) is 66.4 Å². The zero-order valence-corrected chi connectivity index (χ0v) is 33.4. The first-order valence-electron chi connectivity index (χ1n) is 19.3. The molecule has 5 heterocycles. The Morgan fingerprint density at radius 2 is 1.29 bits per heavy atom. The summed E-state index contributed by atoms with van der Waals surface area (Å²) in [4.78, 5) is 76.3. The molecule has 4 amide bonds. The number of benzene rings is 2. The summed E-state index contributed by atoms with van der Waals surface area (Å²) in [6.45, 7) is 4.51. The molecule has 17 heteroatoms. The first-order chi connectivity index (χ1) is 28.0. The maximum absolute atomic E-state index is 13.7. The Balaban J connectivity index is 1.07. The Morgan fingerprint density at radius 3 is 1.90 bits per heavy atom. The number of aromatic amines is 2. The number of nitrogens with zero attached hydrogens (tertiary/aromatic N) is 5. The first-order valence-corrected chi connectivity index (χ1v) is 19.3. The molecule has 3 aromatic heterocycles. The van der Waals surface area contributed by atoms with Gasteiger partial charge in [0.2, 0.25) is 11.8 Å². The minimum absolute atomic E-state index is 0.259. The molecular formula is C41H49N9O8. The van der Waals surface area contributed by atoms with E-state index in [4.69, 9.17) is 28.9 Å². The van der Waals surface area contributed by atoms with Crippen molar-refractivity contribution >= 4 is 45.9 Å². The van der Waals surface area contributed by atoms with Crippen LogP contribution in [0.3, 0.4) is 0 Å². The van der Waals surface area contributed by atoms with Gasteiger partial charge in [0.1, 0.15) is 23.7 Å². The number of likely N-dealkylation sites (tertiary alicyclic amines) is 2. The summed E-state index contributed by atoms with van der Waals surface area (Å²) in [6.07, 6.45) is 2.27. The van der Waals surface area contributed by atoms with Gasteiger partial charge in [0.05, 0.1) is 72.6 Å². The average molecular weight is 796 g/mol. The molecule has 7 rings (SSSR count). The summed E-state index contributed by atoms with van der Waals surface area (Å²) in [6, 6.07) is 13.6. The average Bonchev–Trinajstić information content (AvgIpc) is 4.09. The van der Waals surface area contributed by atoms with Gasteiger partial charge in [-0.25, -0.2) is 24.5 Å². The van der Waals surface area contributed by atoms with Crippen LogP contribution in [0, 0.1) is 0 Å². The predicted octanol–water partition coefficient (Wildman–Crippen LogP) is 5.01. The lowest BCUT2D eigenvalue weighted by Gasteiger charge is -2.30. The van der Waals surface area contributed by atoms with Gasteiger partial charge in [-0.2, -0.15) is 0 Å². The molecule has 0 saturated carbocycles. The van der Waals surface area contributed by atoms with E-state index < -0.39 is 36.5 Å². The summed E-state index contributed by atoms with van der Waals surface area (Å²) in [5.41, 5.74) is 5.83. The zero-order chi connectivity index (χ0) is 41.1. The molecule has 2 saturated heterocycles. The van der Waals surface area contributed by atoms with E-state index in [9.17, 15) is 19.2 Å².